The van der Waals surface area contributed by atoms with E-state index in [1.54, 1.807) is 0 Å². The highest BCUT2D eigenvalue weighted by atomic mass is 14.5. The van der Waals surface area contributed by atoms with E-state index in [2.05, 4.69) is 6.92 Å². The van der Waals surface area contributed by atoms with Crippen molar-refractivity contribution in [2.45, 2.75) is 45.4 Å². The molecule has 0 spiro atoms. The summed E-state index contributed by atoms with van der Waals surface area (Å²) in [5.41, 5.74) is 5.45. The van der Waals surface area contributed by atoms with Gasteiger partial charge >= 0.3 is 0 Å². The summed E-state index contributed by atoms with van der Waals surface area (Å²) in [6.45, 7) is 3.28. The Morgan fingerprint density at radius 2 is 2.09 bits per heavy atom. The van der Waals surface area contributed by atoms with E-state index in [4.69, 9.17) is 5.73 Å². The van der Waals surface area contributed by atoms with Gasteiger partial charge in [-0.3, -0.25) is 0 Å². The first-order valence-electron chi connectivity index (χ1n) is 5.04. The number of rotatable bonds is 4. The molecule has 0 aromatic rings. The Hall–Kier alpha value is -0.0400. The van der Waals surface area contributed by atoms with Gasteiger partial charge in [0.2, 0.25) is 0 Å². The molecule has 2 N–H and O–H groups in total. The third-order valence-electron chi connectivity index (χ3n) is 3.07. The largest absolute Gasteiger partial charge is 0.330 e. The van der Waals surface area contributed by atoms with E-state index in [0.29, 0.717) is 0 Å². The van der Waals surface area contributed by atoms with Crippen molar-refractivity contribution in [1.29, 1.82) is 0 Å². The highest BCUT2D eigenvalue weighted by Crippen LogP contribution is 2.34. The first-order valence-corrected chi connectivity index (χ1v) is 5.04. The molecule has 11 heavy (non-hydrogen) atoms. The minimum atomic E-state index is 0.876. The lowest BCUT2D eigenvalue weighted by Gasteiger charge is -2.13. The normalized spacial score (nSPS) is 31.1. The Labute approximate surface area is 70.4 Å². The molecular weight excluding hydrogens is 134 g/mol. The molecular formula is C10H21N. The summed E-state index contributed by atoms with van der Waals surface area (Å²) in [4.78, 5) is 0. The van der Waals surface area contributed by atoms with Gasteiger partial charge in [0.1, 0.15) is 0 Å². The van der Waals surface area contributed by atoms with Crippen LogP contribution in [0.2, 0.25) is 0 Å². The van der Waals surface area contributed by atoms with Crippen LogP contribution in [0, 0.1) is 11.8 Å². The predicted octanol–water partition coefficient (Wildman–Crippen LogP) is 2.55. The molecule has 0 aromatic carbocycles. The van der Waals surface area contributed by atoms with Crippen molar-refractivity contribution in [2.24, 2.45) is 17.6 Å². The van der Waals surface area contributed by atoms with Gasteiger partial charge in [-0.25, -0.2) is 0 Å². The minimum Gasteiger partial charge on any atom is -0.330 e. The fourth-order valence-corrected chi connectivity index (χ4v) is 2.20. The first-order chi connectivity index (χ1) is 5.34. The zero-order valence-electron chi connectivity index (χ0n) is 7.68. The maximum Gasteiger partial charge on any atom is -0.00773 e. The van der Waals surface area contributed by atoms with Crippen molar-refractivity contribution in [1.82, 2.24) is 0 Å². The zero-order valence-corrected chi connectivity index (χ0v) is 7.68. The van der Waals surface area contributed by atoms with Crippen molar-refractivity contribution < 1.29 is 0 Å². The molecule has 1 nitrogen and oxygen atoms in total. The average molecular weight is 155 g/mol. The molecule has 0 heterocycles. The van der Waals surface area contributed by atoms with Crippen LogP contribution in [0.1, 0.15) is 45.4 Å². The van der Waals surface area contributed by atoms with E-state index in [1.165, 1.54) is 38.5 Å². The fraction of sp³-hybridized carbons (Fsp3) is 1.00. The third kappa shape index (κ3) is 2.82. The standard InChI is InChI=1S/C10H21N/c1-9-5-4-7-10(9)6-2-3-8-11/h9-10H,2-8,11H2,1H3. The maximum atomic E-state index is 5.45. The van der Waals surface area contributed by atoms with Crippen LogP contribution in [-0.4, -0.2) is 6.54 Å². The van der Waals surface area contributed by atoms with Gasteiger partial charge in [-0.2, -0.15) is 0 Å². The fourth-order valence-electron chi connectivity index (χ4n) is 2.20. The molecule has 1 aliphatic carbocycles. The molecule has 0 aliphatic heterocycles. The van der Waals surface area contributed by atoms with Gasteiger partial charge in [-0.1, -0.05) is 39.0 Å². The van der Waals surface area contributed by atoms with E-state index in [9.17, 15) is 0 Å². The van der Waals surface area contributed by atoms with Gasteiger partial charge in [0.05, 0.1) is 0 Å². The predicted molar refractivity (Wildman–Crippen MR) is 49.4 cm³/mol. The zero-order chi connectivity index (χ0) is 8.10. The monoisotopic (exact) mass is 155 g/mol. The van der Waals surface area contributed by atoms with Crippen molar-refractivity contribution in [3.05, 3.63) is 0 Å². The molecule has 1 rings (SSSR count). The van der Waals surface area contributed by atoms with E-state index in [-0.39, 0.29) is 0 Å². The molecule has 0 aromatic heterocycles. The highest BCUT2D eigenvalue weighted by Gasteiger charge is 2.21. The third-order valence-corrected chi connectivity index (χ3v) is 3.07. The summed E-state index contributed by atoms with van der Waals surface area (Å²) in [6, 6.07) is 0. The van der Waals surface area contributed by atoms with Gasteiger partial charge in [-0.15, -0.1) is 0 Å². The SMILES string of the molecule is CC1CCCC1CCCCN. The van der Waals surface area contributed by atoms with Crippen LogP contribution in [0.3, 0.4) is 0 Å². The van der Waals surface area contributed by atoms with E-state index < -0.39 is 0 Å². The number of hydrogen-bond acceptors (Lipinski definition) is 1. The summed E-state index contributed by atoms with van der Waals surface area (Å²) in [5.74, 6) is 2.02. The Balaban J connectivity index is 2.05. The van der Waals surface area contributed by atoms with Crippen LogP contribution < -0.4 is 5.73 Å². The van der Waals surface area contributed by atoms with Crippen molar-refractivity contribution in [3.8, 4) is 0 Å². The van der Waals surface area contributed by atoms with E-state index in [1.807, 2.05) is 0 Å². The van der Waals surface area contributed by atoms with E-state index >= 15 is 0 Å². The second-order valence-corrected chi connectivity index (χ2v) is 3.95. The molecule has 1 heteroatoms. The summed E-state index contributed by atoms with van der Waals surface area (Å²) < 4.78 is 0. The molecule has 1 saturated carbocycles. The van der Waals surface area contributed by atoms with Crippen molar-refractivity contribution in [2.75, 3.05) is 6.54 Å². The number of hydrogen-bond donors (Lipinski definition) is 1. The highest BCUT2D eigenvalue weighted by molar-refractivity contribution is 4.73. The van der Waals surface area contributed by atoms with Crippen molar-refractivity contribution >= 4 is 0 Å². The number of nitrogens with two attached hydrogens (primary N) is 1. The topological polar surface area (TPSA) is 26.0 Å². The molecule has 2 atom stereocenters. The lowest BCUT2D eigenvalue weighted by Crippen LogP contribution is -2.05. The molecule has 1 aliphatic rings. The molecule has 0 radical (unpaired) electrons. The second-order valence-electron chi connectivity index (χ2n) is 3.95. The van der Waals surface area contributed by atoms with Gasteiger partial charge in [0.15, 0.2) is 0 Å². The lowest BCUT2D eigenvalue weighted by molar-refractivity contribution is 0.378. The first kappa shape index (κ1) is 9.05. The molecule has 66 valence electrons. The minimum absolute atomic E-state index is 0.876. The molecule has 0 bridgehead atoms. The Morgan fingerprint density at radius 3 is 2.64 bits per heavy atom. The van der Waals surface area contributed by atoms with Crippen LogP contribution in [0.15, 0.2) is 0 Å². The second kappa shape index (κ2) is 4.76. The number of unbranched alkanes of at least 4 members (excludes halogenated alkanes) is 1. The van der Waals surface area contributed by atoms with Gasteiger partial charge in [0, 0.05) is 0 Å². The lowest BCUT2D eigenvalue weighted by atomic mass is 9.93. The van der Waals surface area contributed by atoms with Crippen LogP contribution >= 0.6 is 0 Å². The van der Waals surface area contributed by atoms with Crippen LogP contribution in [0.5, 0.6) is 0 Å². The van der Waals surface area contributed by atoms with Gasteiger partial charge < -0.3 is 5.73 Å². The Kier molecular flexibility index (Phi) is 3.92. The summed E-state index contributed by atoms with van der Waals surface area (Å²) in [7, 11) is 0. The Bertz CT molecular complexity index is 101. The average Bonchev–Trinajstić information content (AvgIpc) is 2.37. The molecule has 0 amide bonds. The Morgan fingerprint density at radius 1 is 1.27 bits per heavy atom. The van der Waals surface area contributed by atoms with Crippen LogP contribution in [0.25, 0.3) is 0 Å². The van der Waals surface area contributed by atoms with Gasteiger partial charge in [-0.05, 0) is 24.8 Å². The van der Waals surface area contributed by atoms with Crippen LogP contribution in [-0.2, 0) is 0 Å². The smallest absolute Gasteiger partial charge is 0.00773 e. The summed E-state index contributed by atoms with van der Waals surface area (Å²) >= 11 is 0. The molecule has 1 fully saturated rings. The maximum absolute atomic E-state index is 5.45. The summed E-state index contributed by atoms with van der Waals surface area (Å²) in [6.07, 6.45) is 8.42. The van der Waals surface area contributed by atoms with Gasteiger partial charge in [0.25, 0.3) is 0 Å². The molecule has 0 saturated heterocycles. The molecule has 2 unspecified atom stereocenters. The van der Waals surface area contributed by atoms with Crippen LogP contribution in [0.4, 0.5) is 0 Å². The summed E-state index contributed by atoms with van der Waals surface area (Å²) in [5, 5.41) is 0. The van der Waals surface area contributed by atoms with E-state index in [0.717, 1.165) is 18.4 Å². The quantitative estimate of drug-likeness (QED) is 0.620. The van der Waals surface area contributed by atoms with Crippen molar-refractivity contribution in [3.63, 3.8) is 0 Å².